The molecular formula is C25H17Cl2FN4O2. The number of hydrogen-bond acceptors (Lipinski definition) is 3. The van der Waals surface area contributed by atoms with Crippen molar-refractivity contribution in [2.45, 2.75) is 13.1 Å². The van der Waals surface area contributed by atoms with Gasteiger partial charge in [-0.1, -0.05) is 41.4 Å². The molecule has 9 heteroatoms. The van der Waals surface area contributed by atoms with Gasteiger partial charge in [0, 0.05) is 21.1 Å². The Morgan fingerprint density at radius 3 is 2.56 bits per heavy atom. The first-order valence-corrected chi connectivity index (χ1v) is 11.1. The number of nitrogens with one attached hydrogen (secondary N) is 1. The number of halogens is 3. The Morgan fingerprint density at radius 2 is 1.79 bits per heavy atom. The molecule has 0 aliphatic carbocycles. The summed E-state index contributed by atoms with van der Waals surface area (Å²) in [6.07, 6.45) is 1.41. The number of amides is 1. The molecule has 0 fully saturated rings. The third-order valence-corrected chi connectivity index (χ3v) is 6.14. The van der Waals surface area contributed by atoms with Gasteiger partial charge in [-0.15, -0.1) is 0 Å². The second-order valence-corrected chi connectivity index (χ2v) is 8.61. The maximum absolute atomic E-state index is 14.0. The Hall–Kier alpha value is -3.68. The van der Waals surface area contributed by atoms with Crippen molar-refractivity contribution < 1.29 is 9.18 Å². The molecule has 5 aromatic rings. The zero-order valence-corrected chi connectivity index (χ0v) is 19.1. The van der Waals surface area contributed by atoms with Crippen LogP contribution < -0.4 is 10.9 Å². The third kappa shape index (κ3) is 4.16. The average Bonchev–Trinajstić information content (AvgIpc) is 3.11. The van der Waals surface area contributed by atoms with Gasteiger partial charge in [0.1, 0.15) is 23.4 Å². The number of anilines is 1. The molecule has 0 aliphatic heterocycles. The highest BCUT2D eigenvalue weighted by Gasteiger charge is 2.19. The average molecular weight is 495 g/mol. The van der Waals surface area contributed by atoms with Crippen LogP contribution >= 0.6 is 23.2 Å². The summed E-state index contributed by atoms with van der Waals surface area (Å²) < 4.78 is 17.0. The van der Waals surface area contributed by atoms with Crippen LogP contribution in [-0.2, 0) is 17.9 Å². The largest absolute Gasteiger partial charge is 0.325 e. The van der Waals surface area contributed by atoms with Crippen molar-refractivity contribution in [2.24, 2.45) is 0 Å². The maximum atomic E-state index is 14.0. The van der Waals surface area contributed by atoms with E-state index in [1.165, 1.54) is 23.0 Å². The molecule has 6 nitrogen and oxygen atoms in total. The van der Waals surface area contributed by atoms with Gasteiger partial charge >= 0.3 is 0 Å². The highest BCUT2D eigenvalue weighted by Crippen LogP contribution is 2.27. The van der Waals surface area contributed by atoms with E-state index >= 15 is 0 Å². The Labute approximate surface area is 203 Å². The molecule has 5 rings (SSSR count). The fourth-order valence-corrected chi connectivity index (χ4v) is 4.26. The Kier molecular flexibility index (Phi) is 5.81. The third-order valence-electron chi connectivity index (χ3n) is 5.52. The zero-order valence-electron chi connectivity index (χ0n) is 17.6. The lowest BCUT2D eigenvalue weighted by Crippen LogP contribution is -2.25. The monoisotopic (exact) mass is 494 g/mol. The molecule has 1 amide bonds. The van der Waals surface area contributed by atoms with E-state index in [9.17, 15) is 14.0 Å². The number of rotatable bonds is 5. The van der Waals surface area contributed by atoms with Crippen LogP contribution in [-0.4, -0.2) is 20.0 Å². The number of carbonyl (C=O) groups is 1. The van der Waals surface area contributed by atoms with E-state index in [4.69, 9.17) is 23.2 Å². The van der Waals surface area contributed by atoms with E-state index in [0.717, 1.165) is 5.56 Å². The van der Waals surface area contributed by atoms with Crippen molar-refractivity contribution >= 4 is 56.7 Å². The van der Waals surface area contributed by atoms with Gasteiger partial charge in [-0.25, -0.2) is 9.37 Å². The number of hydrogen-bond donors (Lipinski definition) is 1. The normalized spacial score (nSPS) is 11.3. The summed E-state index contributed by atoms with van der Waals surface area (Å²) in [4.78, 5) is 30.8. The van der Waals surface area contributed by atoms with Gasteiger partial charge in [-0.3, -0.25) is 14.2 Å². The summed E-state index contributed by atoms with van der Waals surface area (Å²) in [5.74, 6) is -0.814. The van der Waals surface area contributed by atoms with Gasteiger partial charge in [0.15, 0.2) is 0 Å². The molecule has 0 radical (unpaired) electrons. The molecule has 0 atom stereocenters. The molecule has 2 aromatic heterocycles. The number of aromatic nitrogens is 3. The van der Waals surface area contributed by atoms with Gasteiger partial charge in [-0.05, 0) is 54.1 Å². The number of fused-ring (bicyclic) bond motifs is 3. The quantitative estimate of drug-likeness (QED) is 0.351. The van der Waals surface area contributed by atoms with Crippen molar-refractivity contribution in [3.8, 4) is 0 Å². The smallest absolute Gasteiger partial charge is 0.278 e. The van der Waals surface area contributed by atoms with Gasteiger partial charge < -0.3 is 9.88 Å². The van der Waals surface area contributed by atoms with E-state index in [1.807, 2.05) is 18.2 Å². The highest BCUT2D eigenvalue weighted by atomic mass is 35.5. The van der Waals surface area contributed by atoms with Crippen molar-refractivity contribution in [1.82, 2.24) is 14.1 Å². The lowest BCUT2D eigenvalue weighted by atomic mass is 10.2. The molecule has 0 aliphatic rings. The minimum atomic E-state index is -0.459. The first-order valence-electron chi connectivity index (χ1n) is 10.4. The summed E-state index contributed by atoms with van der Waals surface area (Å²) in [5.41, 5.74) is 2.02. The Morgan fingerprint density at radius 1 is 1.03 bits per heavy atom. The molecular weight excluding hydrogens is 478 g/mol. The molecule has 1 N–H and O–H groups in total. The van der Waals surface area contributed by atoms with Gasteiger partial charge in [-0.2, -0.15) is 0 Å². The second-order valence-electron chi connectivity index (χ2n) is 7.77. The van der Waals surface area contributed by atoms with Crippen LogP contribution in [0, 0.1) is 5.82 Å². The molecule has 2 heterocycles. The van der Waals surface area contributed by atoms with Crippen molar-refractivity contribution in [3.63, 3.8) is 0 Å². The van der Waals surface area contributed by atoms with E-state index in [1.54, 1.807) is 41.0 Å². The van der Waals surface area contributed by atoms with Crippen LogP contribution in [0.2, 0.25) is 10.0 Å². The predicted molar refractivity (Wildman–Crippen MR) is 132 cm³/mol. The highest BCUT2D eigenvalue weighted by molar-refractivity contribution is 6.31. The fourth-order valence-electron chi connectivity index (χ4n) is 3.94. The summed E-state index contributed by atoms with van der Waals surface area (Å²) >= 11 is 12.2. The van der Waals surface area contributed by atoms with Crippen LogP contribution in [0.1, 0.15) is 5.56 Å². The predicted octanol–water partition coefficient (Wildman–Crippen LogP) is 5.48. The molecule has 0 bridgehead atoms. The van der Waals surface area contributed by atoms with E-state index in [2.05, 4.69) is 10.3 Å². The lowest BCUT2D eigenvalue weighted by molar-refractivity contribution is -0.116. The number of carbonyl (C=O) groups excluding carboxylic acids is 1. The molecule has 170 valence electrons. The standard InChI is InChI=1S/C25H17Cl2FN4O2/c26-16-5-8-18(9-6-16)30-22(33)13-32-21-10-7-17(28)11-19(21)23-24(32)25(34)31(14-29-23)12-15-3-1-2-4-20(15)27/h1-11,14H,12-13H2,(H,30,33). The van der Waals surface area contributed by atoms with Gasteiger partial charge in [0.25, 0.3) is 5.56 Å². The van der Waals surface area contributed by atoms with Crippen LogP contribution in [0.15, 0.2) is 77.9 Å². The van der Waals surface area contributed by atoms with E-state index in [0.29, 0.717) is 32.2 Å². The summed E-state index contributed by atoms with van der Waals surface area (Å²) in [6, 6.07) is 18.0. The number of benzene rings is 3. The summed E-state index contributed by atoms with van der Waals surface area (Å²) in [6.45, 7) is 0.0373. The number of nitrogens with zero attached hydrogens (tertiary/aromatic N) is 3. The van der Waals surface area contributed by atoms with Crippen LogP contribution in [0.4, 0.5) is 10.1 Å². The molecule has 34 heavy (non-hydrogen) atoms. The minimum Gasteiger partial charge on any atom is -0.325 e. The molecule has 0 spiro atoms. The minimum absolute atomic E-state index is 0.165. The second kappa shape index (κ2) is 8.93. The first kappa shape index (κ1) is 22.1. The molecule has 0 saturated carbocycles. The van der Waals surface area contributed by atoms with Crippen molar-refractivity contribution in [3.05, 3.63) is 105 Å². The SMILES string of the molecule is O=C(Cn1c2ccc(F)cc2c2ncn(Cc3ccccc3Cl)c(=O)c21)Nc1ccc(Cl)cc1. The Bertz CT molecular complexity index is 1610. The summed E-state index contributed by atoms with van der Waals surface area (Å²) in [7, 11) is 0. The topological polar surface area (TPSA) is 68.9 Å². The zero-order chi connectivity index (χ0) is 23.8. The van der Waals surface area contributed by atoms with E-state index in [-0.39, 0.29) is 30.1 Å². The van der Waals surface area contributed by atoms with Gasteiger partial charge in [0.2, 0.25) is 5.91 Å². The van der Waals surface area contributed by atoms with Crippen molar-refractivity contribution in [1.29, 1.82) is 0 Å². The maximum Gasteiger partial charge on any atom is 0.278 e. The van der Waals surface area contributed by atoms with Gasteiger partial charge in [0.05, 0.1) is 18.4 Å². The summed E-state index contributed by atoms with van der Waals surface area (Å²) in [5, 5.41) is 4.32. The Balaban J connectivity index is 1.61. The molecule has 0 unspecified atom stereocenters. The first-order chi connectivity index (χ1) is 16.4. The van der Waals surface area contributed by atoms with Crippen LogP contribution in [0.25, 0.3) is 21.9 Å². The lowest BCUT2D eigenvalue weighted by Gasteiger charge is -2.10. The van der Waals surface area contributed by atoms with Crippen molar-refractivity contribution in [2.75, 3.05) is 5.32 Å². The fraction of sp³-hybridized carbons (Fsp3) is 0.0800. The molecule has 0 saturated heterocycles. The molecule has 3 aromatic carbocycles. The van der Waals surface area contributed by atoms with Crippen LogP contribution in [0.3, 0.4) is 0 Å². The van der Waals surface area contributed by atoms with E-state index < -0.39 is 5.82 Å². The van der Waals surface area contributed by atoms with Crippen LogP contribution in [0.5, 0.6) is 0 Å².